The van der Waals surface area contributed by atoms with Crippen molar-refractivity contribution in [2.24, 2.45) is 5.92 Å². The molecule has 11 nitrogen and oxygen atoms in total. The summed E-state index contributed by atoms with van der Waals surface area (Å²) >= 11 is 0. The van der Waals surface area contributed by atoms with Gasteiger partial charge in [0.15, 0.2) is 23.1 Å². The number of anilines is 3. The van der Waals surface area contributed by atoms with E-state index in [9.17, 15) is 26.4 Å². The fraction of sp³-hybridized carbons (Fsp3) is 0.355. The van der Waals surface area contributed by atoms with Crippen LogP contribution in [0.15, 0.2) is 53.7 Å². The van der Waals surface area contributed by atoms with Crippen LogP contribution in [0.2, 0.25) is 0 Å². The van der Waals surface area contributed by atoms with Crippen molar-refractivity contribution >= 4 is 44.0 Å². The van der Waals surface area contributed by atoms with Crippen LogP contribution in [0.25, 0.3) is 10.9 Å². The second-order valence-electron chi connectivity index (χ2n) is 11.5. The number of hydrogen-bond acceptors (Lipinski definition) is 10. The molecule has 3 aliphatic heterocycles. The average Bonchev–Trinajstić information content (AvgIpc) is 3.34. The summed E-state index contributed by atoms with van der Waals surface area (Å²) in [6.07, 6.45) is 1.98. The van der Waals surface area contributed by atoms with Crippen molar-refractivity contribution in [3.05, 3.63) is 65.9 Å². The Bertz CT molecular complexity index is 1950. The number of fused-ring (bicyclic) bond motifs is 3. The molecule has 0 spiro atoms. The summed E-state index contributed by atoms with van der Waals surface area (Å²) in [5, 5.41) is 3.35. The van der Waals surface area contributed by atoms with E-state index in [1.54, 1.807) is 18.5 Å². The van der Waals surface area contributed by atoms with E-state index in [2.05, 4.69) is 15.3 Å². The van der Waals surface area contributed by atoms with Crippen molar-refractivity contribution in [3.8, 4) is 11.5 Å². The number of benzene rings is 1. The quantitative estimate of drug-likeness (QED) is 0.334. The Kier molecular flexibility index (Phi) is 7.57. The molecule has 1 saturated heterocycles. The number of carbonyl (C=O) groups is 1. The number of carbonyl (C=O) groups excluding carboxylic acids is 1. The van der Waals surface area contributed by atoms with Crippen LogP contribution in [0.5, 0.6) is 11.5 Å². The zero-order valence-electron chi connectivity index (χ0n) is 24.6. The fourth-order valence-electron chi connectivity index (χ4n) is 5.79. The van der Waals surface area contributed by atoms with Gasteiger partial charge in [-0.25, -0.2) is 31.6 Å². The van der Waals surface area contributed by atoms with Crippen molar-refractivity contribution in [3.63, 3.8) is 0 Å². The van der Waals surface area contributed by atoms with Crippen LogP contribution >= 0.6 is 0 Å². The molecular weight excluding hydrogens is 625 g/mol. The maximum atomic E-state index is 14.7. The van der Waals surface area contributed by atoms with Crippen LogP contribution in [0.4, 0.5) is 30.5 Å². The standard InChI is InChI=1S/C31H29F3N6O5S/c1-17-15-39(16-23(17)33)21-11-25-30(36-14-21)40(5-7-44-25)28-3-2-18-12-35-20(10-24(18)38-28)13-37-31(41)19-8-22(32)29-26(9-19)46(42,43)27(34)4-6-45-29/h2-3,8-12,14,17,23,27H,4-7,13,15-16H2,1H3,(H,37,41)/t17-,23+,27-/m1/s1. The Morgan fingerprint density at radius 2 is 1.91 bits per heavy atom. The summed E-state index contributed by atoms with van der Waals surface area (Å²) < 4.78 is 79.3. The van der Waals surface area contributed by atoms with Crippen LogP contribution in [0, 0.1) is 11.7 Å². The molecule has 0 saturated carbocycles. The van der Waals surface area contributed by atoms with Crippen LogP contribution < -0.4 is 24.6 Å². The van der Waals surface area contributed by atoms with Gasteiger partial charge in [0, 0.05) is 48.6 Å². The third-order valence-corrected chi connectivity index (χ3v) is 10.2. The van der Waals surface area contributed by atoms with Crippen LogP contribution in [0.3, 0.4) is 0 Å². The van der Waals surface area contributed by atoms with Gasteiger partial charge < -0.3 is 24.6 Å². The fourth-order valence-corrected chi connectivity index (χ4v) is 7.18. The Morgan fingerprint density at radius 3 is 2.72 bits per heavy atom. The lowest BCUT2D eigenvalue weighted by atomic mass is 10.1. The molecule has 3 atom stereocenters. The number of nitrogens with one attached hydrogen (secondary N) is 1. The van der Waals surface area contributed by atoms with Gasteiger partial charge in [0.1, 0.15) is 23.5 Å². The van der Waals surface area contributed by atoms with Crippen LogP contribution in [0.1, 0.15) is 29.4 Å². The summed E-state index contributed by atoms with van der Waals surface area (Å²) in [5.41, 5.74) is -0.739. The van der Waals surface area contributed by atoms with Gasteiger partial charge in [-0.2, -0.15) is 0 Å². The van der Waals surface area contributed by atoms with Gasteiger partial charge in [0.2, 0.25) is 15.3 Å². The molecular formula is C31H29F3N6O5S. The molecule has 1 amide bonds. The number of halogens is 3. The first-order chi connectivity index (χ1) is 22.1. The zero-order valence-corrected chi connectivity index (χ0v) is 25.4. The van der Waals surface area contributed by atoms with Crippen molar-refractivity contribution in [2.75, 3.05) is 42.6 Å². The molecule has 46 heavy (non-hydrogen) atoms. The highest BCUT2D eigenvalue weighted by atomic mass is 32.2. The lowest BCUT2D eigenvalue weighted by Crippen LogP contribution is -2.30. The number of rotatable bonds is 5. The maximum absolute atomic E-state index is 14.7. The van der Waals surface area contributed by atoms with E-state index >= 15 is 0 Å². The minimum atomic E-state index is -4.53. The number of hydrogen-bond donors (Lipinski definition) is 1. The molecule has 240 valence electrons. The summed E-state index contributed by atoms with van der Waals surface area (Å²) in [7, 11) is -4.53. The van der Waals surface area contributed by atoms with E-state index in [0.717, 1.165) is 23.2 Å². The smallest absolute Gasteiger partial charge is 0.251 e. The SMILES string of the molecule is C[C@@H]1CN(c2cnc3c(c2)OCCN3c2ccc3cnc(CNC(=O)c4cc(F)c5c(c4)S(=O)(=O)[C@@H](F)CCO5)cc3n2)C[C@@H]1F. The van der Waals surface area contributed by atoms with Crippen molar-refractivity contribution in [1.29, 1.82) is 0 Å². The number of pyridine rings is 3. The molecule has 0 unspecified atom stereocenters. The third kappa shape index (κ3) is 5.42. The Morgan fingerprint density at radius 1 is 1.07 bits per heavy atom. The molecule has 4 aromatic rings. The number of nitrogens with zero attached hydrogens (tertiary/aromatic N) is 5. The topological polar surface area (TPSA) is 127 Å². The first kappa shape index (κ1) is 30.0. The largest absolute Gasteiger partial charge is 0.489 e. The predicted molar refractivity (Wildman–Crippen MR) is 162 cm³/mol. The Labute approximate surface area is 262 Å². The van der Waals surface area contributed by atoms with Gasteiger partial charge in [0.25, 0.3) is 5.91 Å². The highest BCUT2D eigenvalue weighted by Crippen LogP contribution is 2.38. The molecule has 7 rings (SSSR count). The molecule has 0 radical (unpaired) electrons. The second-order valence-corrected chi connectivity index (χ2v) is 13.6. The third-order valence-electron chi connectivity index (χ3n) is 8.36. The highest BCUT2D eigenvalue weighted by molar-refractivity contribution is 7.92. The van der Waals surface area contributed by atoms with Crippen molar-refractivity contribution in [1.82, 2.24) is 20.3 Å². The van der Waals surface area contributed by atoms with E-state index in [1.807, 2.05) is 34.9 Å². The summed E-state index contributed by atoms with van der Waals surface area (Å²) in [4.78, 5) is 29.9. The van der Waals surface area contributed by atoms with E-state index in [-0.39, 0.29) is 24.6 Å². The number of alkyl halides is 2. The first-order valence-electron chi connectivity index (χ1n) is 14.8. The normalized spacial score (nSPS) is 22.0. The van der Waals surface area contributed by atoms with Crippen LogP contribution in [-0.4, -0.2) is 73.8 Å². The van der Waals surface area contributed by atoms with Crippen molar-refractivity contribution in [2.45, 2.75) is 36.5 Å². The van der Waals surface area contributed by atoms with E-state index < -0.39 is 50.3 Å². The van der Waals surface area contributed by atoms with E-state index in [0.29, 0.717) is 54.8 Å². The number of amides is 1. The number of sulfone groups is 1. The van der Waals surface area contributed by atoms with Gasteiger partial charge in [-0.1, -0.05) is 6.92 Å². The summed E-state index contributed by atoms with van der Waals surface area (Å²) in [6, 6.07) is 9.05. The lowest BCUT2D eigenvalue weighted by molar-refractivity contribution is 0.0949. The second kappa shape index (κ2) is 11.6. The number of ether oxygens (including phenoxy) is 2. The first-order valence-corrected chi connectivity index (χ1v) is 16.3. The minimum Gasteiger partial charge on any atom is -0.489 e. The molecule has 1 fully saturated rings. The zero-order chi connectivity index (χ0) is 32.2. The molecule has 1 N–H and O–H groups in total. The lowest BCUT2D eigenvalue weighted by Gasteiger charge is -2.30. The van der Waals surface area contributed by atoms with E-state index in [1.165, 1.54) is 0 Å². The van der Waals surface area contributed by atoms with Gasteiger partial charge in [-0.05, 0) is 30.3 Å². The highest BCUT2D eigenvalue weighted by Gasteiger charge is 2.36. The van der Waals surface area contributed by atoms with Crippen molar-refractivity contribution < 1.29 is 35.9 Å². The minimum absolute atomic E-state index is 0.0568. The molecule has 0 aliphatic carbocycles. The van der Waals surface area contributed by atoms with Gasteiger partial charge in [-0.15, -0.1) is 0 Å². The van der Waals surface area contributed by atoms with E-state index in [4.69, 9.17) is 14.5 Å². The predicted octanol–water partition coefficient (Wildman–Crippen LogP) is 4.27. The Balaban J connectivity index is 1.10. The van der Waals surface area contributed by atoms with Gasteiger partial charge in [-0.3, -0.25) is 9.78 Å². The summed E-state index contributed by atoms with van der Waals surface area (Å²) in [5.74, 6) is -0.715. The molecule has 0 bridgehead atoms. The summed E-state index contributed by atoms with van der Waals surface area (Å²) in [6.45, 7) is 3.32. The molecule has 1 aromatic carbocycles. The van der Waals surface area contributed by atoms with Crippen LogP contribution in [-0.2, 0) is 16.4 Å². The molecule has 6 heterocycles. The Hall–Kier alpha value is -4.66. The number of aromatic nitrogens is 3. The molecule has 3 aromatic heterocycles. The van der Waals surface area contributed by atoms with Gasteiger partial charge in [0.05, 0.1) is 42.8 Å². The maximum Gasteiger partial charge on any atom is 0.251 e. The molecule has 3 aliphatic rings. The average molecular weight is 655 g/mol. The monoisotopic (exact) mass is 654 g/mol. The molecule has 15 heteroatoms. The van der Waals surface area contributed by atoms with Gasteiger partial charge >= 0.3 is 0 Å².